The van der Waals surface area contributed by atoms with Crippen LogP contribution >= 0.6 is 11.3 Å². The van der Waals surface area contributed by atoms with Gasteiger partial charge in [0.25, 0.3) is 0 Å². The lowest BCUT2D eigenvalue weighted by molar-refractivity contribution is -0.119. The van der Waals surface area contributed by atoms with E-state index in [1.165, 1.54) is 11.1 Å². The van der Waals surface area contributed by atoms with Crippen molar-refractivity contribution in [1.29, 1.82) is 0 Å². The van der Waals surface area contributed by atoms with Crippen molar-refractivity contribution in [3.8, 4) is 0 Å². The second kappa shape index (κ2) is 7.25. The number of ether oxygens (including phenoxy) is 1. The number of nitrogens with one attached hydrogen (secondary N) is 1. The third-order valence-electron chi connectivity index (χ3n) is 4.09. The van der Waals surface area contributed by atoms with Crippen molar-refractivity contribution in [1.82, 2.24) is 4.90 Å². The van der Waals surface area contributed by atoms with Gasteiger partial charge in [0.2, 0.25) is 5.91 Å². The van der Waals surface area contributed by atoms with E-state index in [4.69, 9.17) is 4.74 Å². The molecule has 1 N–H and O–H groups in total. The van der Waals surface area contributed by atoms with E-state index in [0.29, 0.717) is 13.2 Å². The number of anilines is 1. The van der Waals surface area contributed by atoms with Gasteiger partial charge in [0.05, 0.1) is 19.3 Å². The maximum Gasteiger partial charge on any atom is 0.238 e. The fourth-order valence-electron chi connectivity index (χ4n) is 2.85. The molecule has 2 aromatic rings. The predicted molar refractivity (Wildman–Crippen MR) is 94.0 cm³/mol. The zero-order chi connectivity index (χ0) is 16.2. The first-order chi connectivity index (χ1) is 11.1. The molecule has 1 fully saturated rings. The van der Waals surface area contributed by atoms with Crippen LogP contribution in [-0.2, 0) is 9.53 Å². The SMILES string of the molecule is Cc1ccc(NC(=O)CN2CCO[C@@H](c3ccsc3)C2)c(C)c1. The summed E-state index contributed by atoms with van der Waals surface area (Å²) in [5.41, 5.74) is 4.39. The Morgan fingerprint density at radius 3 is 3.00 bits per heavy atom. The molecule has 0 aliphatic carbocycles. The van der Waals surface area contributed by atoms with E-state index in [-0.39, 0.29) is 12.0 Å². The van der Waals surface area contributed by atoms with Gasteiger partial charge in [-0.1, -0.05) is 17.7 Å². The molecule has 0 radical (unpaired) electrons. The van der Waals surface area contributed by atoms with Crippen LogP contribution in [0.1, 0.15) is 22.8 Å². The molecule has 1 saturated heterocycles. The van der Waals surface area contributed by atoms with Crippen LogP contribution in [-0.4, -0.2) is 37.0 Å². The van der Waals surface area contributed by atoms with Gasteiger partial charge in [0.1, 0.15) is 0 Å². The van der Waals surface area contributed by atoms with Crippen molar-refractivity contribution < 1.29 is 9.53 Å². The van der Waals surface area contributed by atoms with Gasteiger partial charge < -0.3 is 10.1 Å². The molecule has 1 aliphatic rings. The van der Waals surface area contributed by atoms with E-state index in [0.717, 1.165) is 24.3 Å². The molecule has 23 heavy (non-hydrogen) atoms. The molecular weight excluding hydrogens is 308 g/mol. The summed E-state index contributed by atoms with van der Waals surface area (Å²) < 4.78 is 5.82. The average molecular weight is 330 g/mol. The smallest absolute Gasteiger partial charge is 0.238 e. The Hall–Kier alpha value is -1.69. The summed E-state index contributed by atoms with van der Waals surface area (Å²) in [6.45, 7) is 6.69. The van der Waals surface area contributed by atoms with Crippen LogP contribution in [0.25, 0.3) is 0 Å². The van der Waals surface area contributed by atoms with Crippen molar-refractivity contribution in [2.24, 2.45) is 0 Å². The van der Waals surface area contributed by atoms with Crippen molar-refractivity contribution in [3.63, 3.8) is 0 Å². The second-order valence-electron chi connectivity index (χ2n) is 6.02. The van der Waals surface area contributed by atoms with Crippen LogP contribution in [0, 0.1) is 13.8 Å². The lowest BCUT2D eigenvalue weighted by Gasteiger charge is -2.32. The van der Waals surface area contributed by atoms with Gasteiger partial charge in [-0.3, -0.25) is 9.69 Å². The average Bonchev–Trinajstić information content (AvgIpc) is 3.05. The Morgan fingerprint density at radius 1 is 1.39 bits per heavy atom. The number of carbonyl (C=O) groups is 1. The molecule has 5 heteroatoms. The van der Waals surface area contributed by atoms with E-state index in [2.05, 4.69) is 40.0 Å². The van der Waals surface area contributed by atoms with Crippen molar-refractivity contribution in [2.75, 3.05) is 31.6 Å². The summed E-state index contributed by atoms with van der Waals surface area (Å²) in [6, 6.07) is 8.16. The molecule has 1 atom stereocenters. The van der Waals surface area contributed by atoms with Crippen LogP contribution in [0.4, 0.5) is 5.69 Å². The number of hydrogen-bond donors (Lipinski definition) is 1. The molecule has 2 heterocycles. The molecule has 1 aromatic carbocycles. The number of benzene rings is 1. The molecule has 1 aliphatic heterocycles. The molecule has 0 bridgehead atoms. The summed E-state index contributed by atoms with van der Waals surface area (Å²) >= 11 is 1.68. The van der Waals surface area contributed by atoms with Gasteiger partial charge in [0, 0.05) is 18.8 Å². The lowest BCUT2D eigenvalue weighted by Crippen LogP contribution is -2.42. The van der Waals surface area contributed by atoms with Crippen LogP contribution in [0.5, 0.6) is 0 Å². The van der Waals surface area contributed by atoms with Crippen LogP contribution in [0.15, 0.2) is 35.0 Å². The Bertz CT molecular complexity index is 670. The zero-order valence-corrected chi connectivity index (χ0v) is 14.4. The number of rotatable bonds is 4. The van der Waals surface area contributed by atoms with Gasteiger partial charge >= 0.3 is 0 Å². The Kier molecular flexibility index (Phi) is 5.10. The fraction of sp³-hybridized carbons (Fsp3) is 0.389. The Balaban J connectivity index is 1.57. The lowest BCUT2D eigenvalue weighted by atomic mass is 10.1. The first kappa shape index (κ1) is 16.2. The standard InChI is InChI=1S/C18H22N2O2S/c1-13-3-4-16(14(2)9-13)19-18(21)11-20-6-7-22-17(10-20)15-5-8-23-12-15/h3-5,8-9,12,17H,6-7,10-11H2,1-2H3,(H,19,21)/t17-/m1/s1. The highest BCUT2D eigenvalue weighted by Gasteiger charge is 2.23. The highest BCUT2D eigenvalue weighted by atomic mass is 32.1. The fourth-order valence-corrected chi connectivity index (χ4v) is 3.55. The molecule has 0 unspecified atom stereocenters. The Morgan fingerprint density at radius 2 is 2.26 bits per heavy atom. The van der Waals surface area contributed by atoms with Crippen LogP contribution in [0.3, 0.4) is 0 Å². The third-order valence-corrected chi connectivity index (χ3v) is 4.79. The maximum atomic E-state index is 12.3. The number of hydrogen-bond acceptors (Lipinski definition) is 4. The summed E-state index contributed by atoms with van der Waals surface area (Å²) in [5, 5.41) is 7.19. The van der Waals surface area contributed by atoms with Crippen molar-refractivity contribution in [2.45, 2.75) is 20.0 Å². The topological polar surface area (TPSA) is 41.6 Å². The van der Waals surface area contributed by atoms with Crippen LogP contribution < -0.4 is 5.32 Å². The first-order valence-corrected chi connectivity index (χ1v) is 8.79. The number of amides is 1. The van der Waals surface area contributed by atoms with Gasteiger partial charge in [-0.2, -0.15) is 11.3 Å². The van der Waals surface area contributed by atoms with Gasteiger partial charge in [0.15, 0.2) is 0 Å². The molecule has 3 rings (SSSR count). The van der Waals surface area contributed by atoms with Crippen LogP contribution in [0.2, 0.25) is 0 Å². The van der Waals surface area contributed by atoms with E-state index in [1.54, 1.807) is 11.3 Å². The van der Waals surface area contributed by atoms with Gasteiger partial charge in [-0.25, -0.2) is 0 Å². The minimum atomic E-state index is 0.0305. The predicted octanol–water partition coefficient (Wildman–Crippen LogP) is 3.38. The van der Waals surface area contributed by atoms with Crippen molar-refractivity contribution >= 4 is 22.9 Å². The summed E-state index contributed by atoms with van der Waals surface area (Å²) in [7, 11) is 0. The largest absolute Gasteiger partial charge is 0.371 e. The molecule has 122 valence electrons. The molecule has 0 spiro atoms. The third kappa shape index (κ3) is 4.19. The normalized spacial score (nSPS) is 18.8. The second-order valence-corrected chi connectivity index (χ2v) is 6.80. The first-order valence-electron chi connectivity index (χ1n) is 7.85. The van der Waals surface area contributed by atoms with Gasteiger partial charge in [-0.05, 0) is 47.9 Å². The van der Waals surface area contributed by atoms with E-state index in [9.17, 15) is 4.79 Å². The number of aryl methyl sites for hydroxylation is 2. The van der Waals surface area contributed by atoms with E-state index < -0.39 is 0 Å². The Labute approximate surface area is 141 Å². The number of morpholine rings is 1. The van der Waals surface area contributed by atoms with E-state index in [1.807, 2.05) is 19.1 Å². The summed E-state index contributed by atoms with van der Waals surface area (Å²) in [4.78, 5) is 14.5. The maximum absolute atomic E-state index is 12.3. The van der Waals surface area contributed by atoms with E-state index >= 15 is 0 Å². The molecule has 1 amide bonds. The minimum Gasteiger partial charge on any atom is -0.371 e. The quantitative estimate of drug-likeness (QED) is 0.934. The molecule has 4 nitrogen and oxygen atoms in total. The number of carbonyl (C=O) groups excluding carboxylic acids is 1. The molecule has 1 aromatic heterocycles. The monoisotopic (exact) mass is 330 g/mol. The summed E-state index contributed by atoms with van der Waals surface area (Å²) in [5.74, 6) is 0.0305. The number of thiophene rings is 1. The molecule has 0 saturated carbocycles. The minimum absolute atomic E-state index is 0.0305. The van der Waals surface area contributed by atoms with Gasteiger partial charge in [-0.15, -0.1) is 0 Å². The number of nitrogens with zero attached hydrogens (tertiary/aromatic N) is 1. The van der Waals surface area contributed by atoms with Crippen molar-refractivity contribution in [3.05, 3.63) is 51.7 Å². The zero-order valence-electron chi connectivity index (χ0n) is 13.5. The summed E-state index contributed by atoms with van der Waals surface area (Å²) in [6.07, 6.45) is 0.0731. The highest BCUT2D eigenvalue weighted by molar-refractivity contribution is 7.07. The molecular formula is C18H22N2O2S. The highest BCUT2D eigenvalue weighted by Crippen LogP contribution is 2.24.